The van der Waals surface area contributed by atoms with Gasteiger partial charge in [-0.2, -0.15) is 13.2 Å². The first-order chi connectivity index (χ1) is 9.84. The van der Waals surface area contributed by atoms with Crippen LogP contribution in [-0.4, -0.2) is 12.6 Å². The van der Waals surface area contributed by atoms with E-state index in [-0.39, 0.29) is 11.8 Å². The number of alkyl halides is 3. The Labute approximate surface area is 124 Å². The molecule has 0 aliphatic carbocycles. The zero-order chi connectivity index (χ0) is 15.9. The molecule has 0 aliphatic heterocycles. The summed E-state index contributed by atoms with van der Waals surface area (Å²) in [6.07, 6.45) is -1.66. The molecular formula is C16H24F3NO. The van der Waals surface area contributed by atoms with Gasteiger partial charge in [0.1, 0.15) is 5.75 Å². The summed E-state index contributed by atoms with van der Waals surface area (Å²) in [5, 5.41) is 3.11. The summed E-state index contributed by atoms with van der Waals surface area (Å²) in [6.45, 7) is 6.68. The van der Waals surface area contributed by atoms with Crippen LogP contribution in [0.2, 0.25) is 0 Å². The molecular weight excluding hydrogens is 279 g/mol. The van der Waals surface area contributed by atoms with Crippen LogP contribution < -0.4 is 10.1 Å². The van der Waals surface area contributed by atoms with E-state index in [0.717, 1.165) is 19.3 Å². The maximum Gasteiger partial charge on any atom is 0.419 e. The van der Waals surface area contributed by atoms with Gasteiger partial charge in [0.05, 0.1) is 12.2 Å². The van der Waals surface area contributed by atoms with Gasteiger partial charge in [0.15, 0.2) is 0 Å². The highest BCUT2D eigenvalue weighted by Gasteiger charge is 2.34. The molecule has 1 aromatic carbocycles. The van der Waals surface area contributed by atoms with Crippen LogP contribution >= 0.6 is 0 Å². The van der Waals surface area contributed by atoms with Crippen molar-refractivity contribution in [1.29, 1.82) is 0 Å². The topological polar surface area (TPSA) is 21.3 Å². The summed E-state index contributed by atoms with van der Waals surface area (Å²) in [6, 6.07) is 4.50. The van der Waals surface area contributed by atoms with Gasteiger partial charge < -0.3 is 10.1 Å². The molecule has 0 unspecified atom stereocenters. The predicted octanol–water partition coefficient (Wildman–Crippen LogP) is 4.77. The van der Waals surface area contributed by atoms with Gasteiger partial charge in [-0.25, -0.2) is 0 Å². The average molecular weight is 303 g/mol. The molecule has 2 nitrogen and oxygen atoms in total. The average Bonchev–Trinajstić information content (AvgIpc) is 2.41. The van der Waals surface area contributed by atoms with E-state index < -0.39 is 11.7 Å². The quantitative estimate of drug-likeness (QED) is 0.698. The van der Waals surface area contributed by atoms with Crippen molar-refractivity contribution < 1.29 is 17.9 Å². The van der Waals surface area contributed by atoms with Crippen LogP contribution in [0, 0.1) is 0 Å². The van der Waals surface area contributed by atoms with E-state index in [4.69, 9.17) is 4.74 Å². The summed E-state index contributed by atoms with van der Waals surface area (Å²) >= 11 is 0. The van der Waals surface area contributed by atoms with Crippen molar-refractivity contribution in [3.8, 4) is 5.75 Å². The molecule has 0 spiro atoms. The third-order valence-corrected chi connectivity index (χ3v) is 3.07. The van der Waals surface area contributed by atoms with Gasteiger partial charge in [-0.3, -0.25) is 0 Å². The zero-order valence-corrected chi connectivity index (χ0v) is 12.9. The highest BCUT2D eigenvalue weighted by Crippen LogP contribution is 2.37. The summed E-state index contributed by atoms with van der Waals surface area (Å²) in [5.41, 5.74) is -0.0843. The first kappa shape index (κ1) is 17.8. The van der Waals surface area contributed by atoms with Gasteiger partial charge in [0, 0.05) is 12.6 Å². The molecule has 0 fully saturated rings. The molecule has 0 atom stereocenters. The number of rotatable bonds is 8. The SMILES string of the molecule is CCCCCOc1ccc(CNC(C)C)cc1C(F)(F)F. The van der Waals surface area contributed by atoms with E-state index in [1.807, 2.05) is 20.8 Å². The van der Waals surface area contributed by atoms with Crippen molar-refractivity contribution in [2.75, 3.05) is 6.61 Å². The van der Waals surface area contributed by atoms with Gasteiger partial charge in [0.25, 0.3) is 0 Å². The molecule has 21 heavy (non-hydrogen) atoms. The second kappa shape index (κ2) is 8.27. The molecule has 0 heterocycles. The molecule has 0 saturated carbocycles. The van der Waals surface area contributed by atoms with Gasteiger partial charge in [-0.1, -0.05) is 39.7 Å². The Morgan fingerprint density at radius 1 is 1.19 bits per heavy atom. The number of unbranched alkanes of at least 4 members (excludes halogenated alkanes) is 2. The third-order valence-electron chi connectivity index (χ3n) is 3.07. The minimum Gasteiger partial charge on any atom is -0.493 e. The van der Waals surface area contributed by atoms with Crippen molar-refractivity contribution in [3.63, 3.8) is 0 Å². The lowest BCUT2D eigenvalue weighted by molar-refractivity contribution is -0.139. The van der Waals surface area contributed by atoms with Gasteiger partial charge in [-0.15, -0.1) is 0 Å². The molecule has 1 N–H and O–H groups in total. The first-order valence-electron chi connectivity index (χ1n) is 7.41. The van der Waals surface area contributed by atoms with E-state index in [1.54, 1.807) is 6.07 Å². The number of hydrogen-bond donors (Lipinski definition) is 1. The van der Waals surface area contributed by atoms with Crippen molar-refractivity contribution >= 4 is 0 Å². The summed E-state index contributed by atoms with van der Waals surface area (Å²) < 4.78 is 44.6. The molecule has 0 aromatic heterocycles. The molecule has 5 heteroatoms. The van der Waals surface area contributed by atoms with Crippen molar-refractivity contribution in [3.05, 3.63) is 29.3 Å². The molecule has 0 radical (unpaired) electrons. The number of nitrogens with one attached hydrogen (secondary N) is 1. The maximum absolute atomic E-state index is 13.1. The van der Waals surface area contributed by atoms with Crippen molar-refractivity contribution in [2.24, 2.45) is 0 Å². The van der Waals surface area contributed by atoms with Crippen LogP contribution in [0.25, 0.3) is 0 Å². The highest BCUT2D eigenvalue weighted by atomic mass is 19.4. The van der Waals surface area contributed by atoms with Crippen LogP contribution in [0.4, 0.5) is 13.2 Å². The molecule has 1 aromatic rings. The Kier molecular flexibility index (Phi) is 7.02. The summed E-state index contributed by atoms with van der Waals surface area (Å²) in [4.78, 5) is 0. The second-order valence-corrected chi connectivity index (χ2v) is 5.42. The van der Waals surface area contributed by atoms with E-state index in [0.29, 0.717) is 18.7 Å². The number of hydrogen-bond acceptors (Lipinski definition) is 2. The number of halogens is 3. The molecule has 0 aliphatic rings. The van der Waals surface area contributed by atoms with Crippen LogP contribution in [0.1, 0.15) is 51.2 Å². The zero-order valence-electron chi connectivity index (χ0n) is 12.9. The minimum atomic E-state index is -4.39. The van der Waals surface area contributed by atoms with E-state index in [9.17, 15) is 13.2 Å². The summed E-state index contributed by atoms with van der Waals surface area (Å²) in [5.74, 6) is -0.0769. The largest absolute Gasteiger partial charge is 0.493 e. The Bertz CT molecular complexity index is 430. The second-order valence-electron chi connectivity index (χ2n) is 5.42. The van der Waals surface area contributed by atoms with Crippen LogP contribution in [0.3, 0.4) is 0 Å². The van der Waals surface area contributed by atoms with E-state index in [2.05, 4.69) is 5.32 Å². The van der Waals surface area contributed by atoms with Crippen LogP contribution in [-0.2, 0) is 12.7 Å². The Hall–Kier alpha value is -1.23. The lowest BCUT2D eigenvalue weighted by Gasteiger charge is -2.16. The monoisotopic (exact) mass is 303 g/mol. The molecule has 0 saturated heterocycles. The third kappa shape index (κ3) is 6.38. The number of ether oxygens (including phenoxy) is 1. The lowest BCUT2D eigenvalue weighted by atomic mass is 10.1. The normalized spacial score (nSPS) is 12.0. The first-order valence-corrected chi connectivity index (χ1v) is 7.41. The fraction of sp³-hybridized carbons (Fsp3) is 0.625. The van der Waals surface area contributed by atoms with E-state index in [1.165, 1.54) is 12.1 Å². The molecule has 120 valence electrons. The fourth-order valence-corrected chi connectivity index (χ4v) is 1.89. The van der Waals surface area contributed by atoms with Crippen LogP contribution in [0.15, 0.2) is 18.2 Å². The minimum absolute atomic E-state index is 0.0769. The standard InChI is InChI=1S/C16H24F3NO/c1-4-5-6-9-21-15-8-7-13(11-20-12(2)3)10-14(15)16(17,18)19/h7-8,10,12,20H,4-6,9,11H2,1-3H3. The molecule has 0 amide bonds. The van der Waals surface area contributed by atoms with Gasteiger partial charge in [-0.05, 0) is 24.1 Å². The van der Waals surface area contributed by atoms with Crippen molar-refractivity contribution in [2.45, 2.75) is 58.8 Å². The molecule has 1 rings (SSSR count). The lowest BCUT2D eigenvalue weighted by Crippen LogP contribution is -2.22. The summed E-state index contributed by atoms with van der Waals surface area (Å²) in [7, 11) is 0. The molecule has 0 bridgehead atoms. The van der Waals surface area contributed by atoms with Gasteiger partial charge >= 0.3 is 6.18 Å². The fourth-order valence-electron chi connectivity index (χ4n) is 1.89. The smallest absolute Gasteiger partial charge is 0.419 e. The van der Waals surface area contributed by atoms with Gasteiger partial charge in [0.2, 0.25) is 0 Å². The highest BCUT2D eigenvalue weighted by molar-refractivity contribution is 5.39. The Balaban J connectivity index is 2.82. The Morgan fingerprint density at radius 2 is 1.90 bits per heavy atom. The van der Waals surface area contributed by atoms with E-state index >= 15 is 0 Å². The Morgan fingerprint density at radius 3 is 2.48 bits per heavy atom. The van der Waals surface area contributed by atoms with Crippen molar-refractivity contribution in [1.82, 2.24) is 5.32 Å². The predicted molar refractivity (Wildman–Crippen MR) is 78.4 cm³/mol. The van der Waals surface area contributed by atoms with Crippen LogP contribution in [0.5, 0.6) is 5.75 Å². The maximum atomic E-state index is 13.1. The number of benzene rings is 1.